The second-order valence-corrected chi connectivity index (χ2v) is 9.42. The molecule has 0 spiro atoms. The summed E-state index contributed by atoms with van der Waals surface area (Å²) < 4.78 is 0. The van der Waals surface area contributed by atoms with E-state index in [1.54, 1.807) is 0 Å². The van der Waals surface area contributed by atoms with Gasteiger partial charge in [0.05, 0.1) is 6.04 Å². The minimum atomic E-state index is -1.30. The molecule has 0 bridgehead atoms. The number of aliphatic carboxylic acids is 2. The van der Waals surface area contributed by atoms with Crippen molar-refractivity contribution in [3.63, 3.8) is 0 Å². The van der Waals surface area contributed by atoms with E-state index < -0.39 is 60.2 Å². The Balaban J connectivity index is 5.52. The maximum absolute atomic E-state index is 13.0. The van der Waals surface area contributed by atoms with Gasteiger partial charge in [-0.25, -0.2) is 4.79 Å². The number of carbonyl (C=O) groups is 5. The second kappa shape index (κ2) is 18.0. The lowest BCUT2D eigenvalue weighted by atomic mass is 9.99. The van der Waals surface area contributed by atoms with Gasteiger partial charge >= 0.3 is 11.9 Å². The van der Waals surface area contributed by atoms with Crippen LogP contribution >= 0.6 is 11.8 Å². The van der Waals surface area contributed by atoms with Crippen molar-refractivity contribution in [1.29, 1.82) is 0 Å². The van der Waals surface area contributed by atoms with Gasteiger partial charge in [0, 0.05) is 6.42 Å². The number of carboxylic acid groups (broad SMARTS) is 2. The smallest absolute Gasteiger partial charge is 0.326 e. The summed E-state index contributed by atoms with van der Waals surface area (Å²) in [4.78, 5) is 61.0. The molecule has 5 unspecified atom stereocenters. The largest absolute Gasteiger partial charge is 0.481 e. The van der Waals surface area contributed by atoms with Gasteiger partial charge in [0.1, 0.15) is 18.1 Å². The number of carbonyl (C=O) groups excluding carboxylic acids is 3. The molecule has 0 aromatic heterocycles. The van der Waals surface area contributed by atoms with Crippen LogP contribution in [0.25, 0.3) is 0 Å². The Hall–Kier alpha value is -2.38. The van der Waals surface area contributed by atoms with Crippen LogP contribution in [0.15, 0.2) is 0 Å². The lowest BCUT2D eigenvalue weighted by Gasteiger charge is -2.26. The van der Waals surface area contributed by atoms with Crippen LogP contribution in [-0.2, 0) is 24.0 Å². The normalized spacial score (nSPS) is 15.2. The summed E-state index contributed by atoms with van der Waals surface area (Å²) in [6.45, 7) is 4.09. The molecule has 0 aliphatic rings. The number of hydrogen-bond acceptors (Lipinski definition) is 8. The van der Waals surface area contributed by atoms with E-state index >= 15 is 0 Å². The first kappa shape index (κ1) is 32.6. The summed E-state index contributed by atoms with van der Waals surface area (Å²) in [7, 11) is 0. The van der Waals surface area contributed by atoms with Crippen molar-refractivity contribution >= 4 is 41.4 Å². The molecule has 12 nitrogen and oxygen atoms in total. The summed E-state index contributed by atoms with van der Waals surface area (Å²) >= 11 is 1.46. The maximum atomic E-state index is 13.0. The van der Waals surface area contributed by atoms with Gasteiger partial charge in [0.2, 0.25) is 17.7 Å². The number of amides is 3. The second-order valence-electron chi connectivity index (χ2n) is 8.43. The van der Waals surface area contributed by atoms with Gasteiger partial charge in [-0.3, -0.25) is 19.2 Å². The first-order chi connectivity index (χ1) is 16.5. The number of thioether (sulfide) groups is 1. The summed E-state index contributed by atoms with van der Waals surface area (Å²) in [5, 5.41) is 25.9. The Kier molecular flexibility index (Phi) is 16.7. The van der Waals surface area contributed by atoms with Gasteiger partial charge in [-0.1, -0.05) is 20.3 Å². The van der Waals surface area contributed by atoms with Crippen LogP contribution < -0.4 is 27.4 Å². The van der Waals surface area contributed by atoms with E-state index in [1.807, 2.05) is 20.1 Å². The minimum absolute atomic E-state index is 0.111. The molecule has 0 aliphatic heterocycles. The Morgan fingerprint density at radius 1 is 0.857 bits per heavy atom. The Morgan fingerprint density at radius 3 is 1.89 bits per heavy atom. The molecule has 3 amide bonds. The lowest BCUT2D eigenvalue weighted by molar-refractivity contribution is -0.143. The first-order valence-corrected chi connectivity index (χ1v) is 13.2. The quantitative estimate of drug-likeness (QED) is 0.110. The SMILES string of the molecule is CCC(C)C(N)C(=O)NC(CCSC)C(=O)NC(CCC(=O)O)C(=O)NC(CCCCN)C(=O)O. The number of carboxylic acids is 2. The molecule has 13 heteroatoms. The van der Waals surface area contributed by atoms with Crippen molar-refractivity contribution in [3.8, 4) is 0 Å². The minimum Gasteiger partial charge on any atom is -0.481 e. The summed E-state index contributed by atoms with van der Waals surface area (Å²) in [6.07, 6.45) is 3.27. The van der Waals surface area contributed by atoms with E-state index in [2.05, 4.69) is 16.0 Å². The third-order valence-electron chi connectivity index (χ3n) is 5.64. The zero-order valence-corrected chi connectivity index (χ0v) is 21.6. The van der Waals surface area contributed by atoms with Crippen LogP contribution in [0.2, 0.25) is 0 Å². The van der Waals surface area contributed by atoms with Gasteiger partial charge in [-0.15, -0.1) is 0 Å². The maximum Gasteiger partial charge on any atom is 0.326 e. The predicted molar refractivity (Wildman–Crippen MR) is 134 cm³/mol. The fourth-order valence-electron chi connectivity index (χ4n) is 3.12. The third kappa shape index (κ3) is 13.3. The molecule has 0 saturated carbocycles. The van der Waals surface area contributed by atoms with Crippen LogP contribution in [-0.4, -0.2) is 82.6 Å². The van der Waals surface area contributed by atoms with Gasteiger partial charge < -0.3 is 37.6 Å². The van der Waals surface area contributed by atoms with Gasteiger partial charge in [-0.05, 0) is 56.6 Å². The molecule has 0 saturated heterocycles. The highest BCUT2D eigenvalue weighted by molar-refractivity contribution is 7.98. The zero-order chi connectivity index (χ0) is 27.0. The van der Waals surface area contributed by atoms with E-state index in [1.165, 1.54) is 11.8 Å². The van der Waals surface area contributed by atoms with Gasteiger partial charge in [-0.2, -0.15) is 11.8 Å². The molecular weight excluding hydrogens is 478 g/mol. The number of unbranched alkanes of at least 4 members (excludes halogenated alkanes) is 1. The van der Waals surface area contributed by atoms with Crippen molar-refractivity contribution in [2.24, 2.45) is 17.4 Å². The first-order valence-electron chi connectivity index (χ1n) is 11.8. The molecule has 5 atom stereocenters. The number of rotatable bonds is 19. The highest BCUT2D eigenvalue weighted by Gasteiger charge is 2.31. The average molecular weight is 520 g/mol. The van der Waals surface area contributed by atoms with Gasteiger partial charge in [0.15, 0.2) is 0 Å². The molecule has 0 aromatic carbocycles. The van der Waals surface area contributed by atoms with Gasteiger partial charge in [0.25, 0.3) is 0 Å². The molecule has 0 fully saturated rings. The van der Waals surface area contributed by atoms with Crippen molar-refractivity contribution in [1.82, 2.24) is 16.0 Å². The molecule has 35 heavy (non-hydrogen) atoms. The number of nitrogens with one attached hydrogen (secondary N) is 3. The van der Waals surface area contributed by atoms with E-state index in [0.29, 0.717) is 31.6 Å². The summed E-state index contributed by atoms with van der Waals surface area (Å²) in [6, 6.07) is -4.32. The topological polar surface area (TPSA) is 214 Å². The van der Waals surface area contributed by atoms with Crippen molar-refractivity contribution in [2.45, 2.75) is 83.0 Å². The zero-order valence-electron chi connectivity index (χ0n) is 20.7. The fraction of sp³-hybridized carbons (Fsp3) is 0.773. The number of nitrogens with two attached hydrogens (primary N) is 2. The van der Waals surface area contributed by atoms with Crippen LogP contribution in [0.1, 0.15) is 58.8 Å². The highest BCUT2D eigenvalue weighted by Crippen LogP contribution is 2.09. The predicted octanol–water partition coefficient (Wildman–Crippen LogP) is -0.354. The lowest BCUT2D eigenvalue weighted by Crippen LogP contribution is -2.57. The van der Waals surface area contributed by atoms with Crippen LogP contribution in [0.4, 0.5) is 0 Å². The summed E-state index contributed by atoms with van der Waals surface area (Å²) in [5.41, 5.74) is 11.4. The van der Waals surface area contributed by atoms with Crippen LogP contribution in [0.3, 0.4) is 0 Å². The van der Waals surface area contributed by atoms with E-state index in [4.69, 9.17) is 16.6 Å². The number of hydrogen-bond donors (Lipinski definition) is 7. The molecule has 0 rings (SSSR count). The molecule has 202 valence electrons. The van der Waals surface area contributed by atoms with Crippen molar-refractivity contribution < 1.29 is 34.2 Å². The van der Waals surface area contributed by atoms with Crippen molar-refractivity contribution in [3.05, 3.63) is 0 Å². The molecule has 0 aromatic rings. The van der Waals surface area contributed by atoms with E-state index in [0.717, 1.165) is 0 Å². The fourth-order valence-corrected chi connectivity index (χ4v) is 3.59. The Bertz CT molecular complexity index is 710. The van der Waals surface area contributed by atoms with E-state index in [9.17, 15) is 29.1 Å². The highest BCUT2D eigenvalue weighted by atomic mass is 32.2. The monoisotopic (exact) mass is 519 g/mol. The van der Waals surface area contributed by atoms with Crippen LogP contribution in [0, 0.1) is 5.92 Å². The molecule has 0 radical (unpaired) electrons. The Morgan fingerprint density at radius 2 is 1.40 bits per heavy atom. The molecule has 9 N–H and O–H groups in total. The average Bonchev–Trinajstić information content (AvgIpc) is 2.81. The van der Waals surface area contributed by atoms with E-state index in [-0.39, 0.29) is 25.2 Å². The molecule has 0 heterocycles. The van der Waals surface area contributed by atoms with Crippen molar-refractivity contribution in [2.75, 3.05) is 18.6 Å². The third-order valence-corrected chi connectivity index (χ3v) is 6.29. The van der Waals surface area contributed by atoms with Crippen LogP contribution in [0.5, 0.6) is 0 Å². The summed E-state index contributed by atoms with van der Waals surface area (Å²) in [5.74, 6) is -4.00. The molecule has 0 aliphatic carbocycles. The standard InChI is InChI=1S/C22H41N5O7S/c1-4-13(2)18(24)21(32)26-15(10-12-35-3)20(31)25-14(8-9-17(28)29)19(30)27-16(22(33)34)7-5-6-11-23/h13-16,18H,4-12,23-24H2,1-3H3,(H,25,31)(H,26,32)(H,27,30)(H,28,29)(H,33,34). The molecular formula is C22H41N5O7S. The Labute approximate surface area is 210 Å².